The van der Waals surface area contributed by atoms with Gasteiger partial charge in [0.1, 0.15) is 0 Å². The van der Waals surface area contributed by atoms with Crippen LogP contribution in [0.5, 0.6) is 0 Å². The molecular weight excluding hydrogens is 215 g/mol. The topological polar surface area (TPSA) is 29.3 Å². The zero-order chi connectivity index (χ0) is 6.73. The highest BCUT2D eigenvalue weighted by molar-refractivity contribution is 14.1. The van der Waals surface area contributed by atoms with Crippen molar-refractivity contribution in [1.82, 2.24) is 3.11 Å². The van der Waals surface area contributed by atoms with E-state index in [0.717, 1.165) is 0 Å². The molecule has 0 fully saturated rings. The van der Waals surface area contributed by atoms with Crippen LogP contribution >= 0.6 is 22.9 Å². The van der Waals surface area contributed by atoms with Crippen LogP contribution in [-0.2, 0) is 0 Å². The van der Waals surface area contributed by atoms with E-state index in [1.165, 1.54) is 0 Å². The molecule has 0 bridgehead atoms. The first-order chi connectivity index (χ1) is 3.55. The van der Waals surface area contributed by atoms with Crippen molar-refractivity contribution in [3.05, 3.63) is 0 Å². The second-order valence-corrected chi connectivity index (χ2v) is 3.65. The second-order valence-electron chi connectivity index (χ2n) is 2.12. The van der Waals surface area contributed by atoms with Gasteiger partial charge in [-0.25, -0.2) is 3.11 Å². The van der Waals surface area contributed by atoms with Crippen LogP contribution in [0.3, 0.4) is 0 Å². The van der Waals surface area contributed by atoms with Gasteiger partial charge in [-0.2, -0.15) is 0 Å². The van der Waals surface area contributed by atoms with E-state index in [0.29, 0.717) is 6.04 Å². The van der Waals surface area contributed by atoms with Crippen molar-refractivity contribution in [2.75, 3.05) is 7.05 Å². The molecule has 2 N–H and O–H groups in total. The van der Waals surface area contributed by atoms with Gasteiger partial charge in [0, 0.05) is 34.9 Å². The molecule has 0 rings (SSSR count). The van der Waals surface area contributed by atoms with Crippen LogP contribution in [0.15, 0.2) is 0 Å². The van der Waals surface area contributed by atoms with Gasteiger partial charge in [0.2, 0.25) is 0 Å². The van der Waals surface area contributed by atoms with Crippen molar-refractivity contribution in [2.24, 2.45) is 5.73 Å². The fourth-order valence-electron chi connectivity index (χ4n) is 0.324. The van der Waals surface area contributed by atoms with Crippen molar-refractivity contribution in [2.45, 2.75) is 25.9 Å². The number of hydrogen-bond donors (Lipinski definition) is 1. The lowest BCUT2D eigenvalue weighted by Crippen LogP contribution is -2.37. The van der Waals surface area contributed by atoms with E-state index in [4.69, 9.17) is 5.73 Å². The molecule has 0 spiro atoms. The van der Waals surface area contributed by atoms with E-state index in [2.05, 4.69) is 32.9 Å². The van der Waals surface area contributed by atoms with Gasteiger partial charge < -0.3 is 5.73 Å². The largest absolute Gasteiger partial charge is 0.327 e. The summed E-state index contributed by atoms with van der Waals surface area (Å²) < 4.78 is 2.09. The van der Waals surface area contributed by atoms with Gasteiger partial charge in [-0.1, -0.05) is 0 Å². The Hall–Kier alpha value is 0.650. The summed E-state index contributed by atoms with van der Waals surface area (Å²) >= 11 is 2.24. The first kappa shape index (κ1) is 8.65. The average molecular weight is 228 g/mol. The Labute approximate surface area is 64.9 Å². The minimum atomic E-state index is 0.261. The predicted molar refractivity (Wildman–Crippen MR) is 44.9 cm³/mol. The smallest absolute Gasteiger partial charge is 0.0311 e. The Morgan fingerprint density at radius 1 is 1.50 bits per heavy atom. The van der Waals surface area contributed by atoms with Crippen LogP contribution in [0.2, 0.25) is 0 Å². The van der Waals surface area contributed by atoms with Crippen LogP contribution < -0.4 is 5.73 Å². The summed E-state index contributed by atoms with van der Waals surface area (Å²) in [4.78, 5) is 0. The fraction of sp³-hybridized carbons (Fsp3) is 1.00. The second kappa shape index (κ2) is 3.63. The highest BCUT2D eigenvalue weighted by atomic mass is 127. The number of nitrogens with zero attached hydrogens (tertiary/aromatic N) is 1. The van der Waals surface area contributed by atoms with Gasteiger partial charge in [-0.15, -0.1) is 0 Å². The predicted octanol–water partition coefficient (Wildman–Crippen LogP) is 1.00. The molecule has 0 heterocycles. The SMILES string of the molecule is CC(N)C(C)N(C)I. The van der Waals surface area contributed by atoms with E-state index in [-0.39, 0.29) is 6.04 Å². The summed E-state index contributed by atoms with van der Waals surface area (Å²) in [5, 5.41) is 0. The summed E-state index contributed by atoms with van der Waals surface area (Å²) in [5.41, 5.74) is 5.59. The minimum Gasteiger partial charge on any atom is -0.327 e. The first-order valence-corrected chi connectivity index (χ1v) is 3.66. The summed E-state index contributed by atoms with van der Waals surface area (Å²) in [6.07, 6.45) is 0. The summed E-state index contributed by atoms with van der Waals surface area (Å²) in [6, 6.07) is 0.729. The molecule has 0 saturated heterocycles. The summed E-state index contributed by atoms with van der Waals surface area (Å²) in [7, 11) is 2.02. The van der Waals surface area contributed by atoms with E-state index in [1.54, 1.807) is 0 Å². The van der Waals surface area contributed by atoms with E-state index in [1.807, 2.05) is 14.0 Å². The minimum absolute atomic E-state index is 0.261. The third-order valence-corrected chi connectivity index (χ3v) is 2.20. The highest BCUT2D eigenvalue weighted by Crippen LogP contribution is 2.03. The van der Waals surface area contributed by atoms with Crippen molar-refractivity contribution < 1.29 is 0 Å². The number of halogens is 1. The monoisotopic (exact) mass is 228 g/mol. The van der Waals surface area contributed by atoms with Gasteiger partial charge in [0.05, 0.1) is 0 Å². The van der Waals surface area contributed by atoms with Gasteiger partial charge in [-0.05, 0) is 20.9 Å². The van der Waals surface area contributed by atoms with Crippen LogP contribution in [0.1, 0.15) is 13.8 Å². The molecule has 0 aliphatic heterocycles. The van der Waals surface area contributed by atoms with Crippen molar-refractivity contribution in [1.29, 1.82) is 0 Å². The quantitative estimate of drug-likeness (QED) is 0.564. The average Bonchev–Trinajstić information content (AvgIpc) is 1.64. The molecule has 0 amide bonds. The number of hydrogen-bond acceptors (Lipinski definition) is 2. The normalized spacial score (nSPS) is 18.8. The molecular formula is C5H13IN2. The summed E-state index contributed by atoms with van der Waals surface area (Å²) in [6.45, 7) is 4.12. The van der Waals surface area contributed by atoms with E-state index < -0.39 is 0 Å². The zero-order valence-electron chi connectivity index (χ0n) is 5.56. The Balaban J connectivity index is 3.46. The maximum atomic E-state index is 5.59. The third-order valence-electron chi connectivity index (χ3n) is 1.32. The molecule has 3 heteroatoms. The van der Waals surface area contributed by atoms with Gasteiger partial charge in [-0.3, -0.25) is 0 Å². The Morgan fingerprint density at radius 3 is 1.88 bits per heavy atom. The van der Waals surface area contributed by atoms with E-state index >= 15 is 0 Å². The number of nitrogens with two attached hydrogens (primary N) is 1. The molecule has 8 heavy (non-hydrogen) atoms. The highest BCUT2D eigenvalue weighted by Gasteiger charge is 2.09. The molecule has 0 aliphatic carbocycles. The van der Waals surface area contributed by atoms with Crippen molar-refractivity contribution in [3.63, 3.8) is 0 Å². The molecule has 50 valence electrons. The Kier molecular flexibility index (Phi) is 3.93. The molecule has 0 aromatic carbocycles. The third kappa shape index (κ3) is 2.84. The standard InChI is InChI=1S/C5H13IN2/c1-4(7)5(2)8(3)6/h4-5H,7H2,1-3H3. The molecule has 0 aromatic heterocycles. The molecule has 2 nitrogen and oxygen atoms in total. The maximum Gasteiger partial charge on any atom is 0.0311 e. The molecule has 0 aromatic rings. The van der Waals surface area contributed by atoms with E-state index in [9.17, 15) is 0 Å². The maximum absolute atomic E-state index is 5.59. The number of rotatable bonds is 2. The molecule has 0 saturated carbocycles. The van der Waals surface area contributed by atoms with Gasteiger partial charge in [0.15, 0.2) is 0 Å². The van der Waals surface area contributed by atoms with Gasteiger partial charge in [0.25, 0.3) is 0 Å². The fourth-order valence-corrected chi connectivity index (χ4v) is 0.831. The molecule has 2 unspecified atom stereocenters. The lowest BCUT2D eigenvalue weighted by molar-refractivity contribution is 0.411. The van der Waals surface area contributed by atoms with Gasteiger partial charge >= 0.3 is 0 Å². The van der Waals surface area contributed by atoms with Crippen LogP contribution in [-0.4, -0.2) is 22.2 Å². The van der Waals surface area contributed by atoms with Crippen LogP contribution in [0.25, 0.3) is 0 Å². The Bertz CT molecular complexity index is 55.4. The zero-order valence-corrected chi connectivity index (χ0v) is 7.71. The lowest BCUT2D eigenvalue weighted by Gasteiger charge is -2.20. The van der Waals surface area contributed by atoms with Crippen LogP contribution in [0.4, 0.5) is 0 Å². The number of likely N-dealkylation sites (N-methyl/N-ethyl adjacent to an activating group) is 1. The van der Waals surface area contributed by atoms with Crippen molar-refractivity contribution in [3.8, 4) is 0 Å². The van der Waals surface area contributed by atoms with Crippen LogP contribution in [0, 0.1) is 0 Å². The van der Waals surface area contributed by atoms with Crippen molar-refractivity contribution >= 4 is 22.9 Å². The summed E-state index contributed by atoms with van der Waals surface area (Å²) in [5.74, 6) is 0. The first-order valence-electron chi connectivity index (χ1n) is 2.70. The molecule has 0 aliphatic rings. The molecule has 0 radical (unpaired) electrons. The lowest BCUT2D eigenvalue weighted by atomic mass is 10.2. The Morgan fingerprint density at radius 2 is 1.88 bits per heavy atom. The molecule has 2 atom stereocenters.